The van der Waals surface area contributed by atoms with Gasteiger partial charge in [-0.2, -0.15) is 0 Å². The van der Waals surface area contributed by atoms with Crippen molar-refractivity contribution in [1.29, 1.82) is 0 Å². The molecule has 2 aliphatic heterocycles. The fraction of sp³-hybridized carbons (Fsp3) is 0.412. The Labute approximate surface area is 136 Å². The summed E-state index contributed by atoms with van der Waals surface area (Å²) >= 11 is 5.46. The summed E-state index contributed by atoms with van der Waals surface area (Å²) < 4.78 is 0. The van der Waals surface area contributed by atoms with Crippen LogP contribution in [0.2, 0.25) is 0 Å². The van der Waals surface area contributed by atoms with Gasteiger partial charge in [-0.3, -0.25) is 4.99 Å². The molecule has 0 unspecified atom stereocenters. The summed E-state index contributed by atoms with van der Waals surface area (Å²) in [6.07, 6.45) is 3.45. The summed E-state index contributed by atoms with van der Waals surface area (Å²) in [5.74, 6) is 1.51. The number of rotatable bonds is 2. The lowest BCUT2D eigenvalue weighted by Gasteiger charge is -2.40. The van der Waals surface area contributed by atoms with Gasteiger partial charge in [0.15, 0.2) is 5.11 Å². The van der Waals surface area contributed by atoms with Crippen molar-refractivity contribution < 1.29 is 0 Å². The van der Waals surface area contributed by atoms with Crippen molar-refractivity contribution >= 4 is 23.2 Å². The van der Waals surface area contributed by atoms with Gasteiger partial charge in [-0.25, -0.2) is 0 Å². The van der Waals surface area contributed by atoms with E-state index in [2.05, 4.69) is 51.3 Å². The van der Waals surface area contributed by atoms with Gasteiger partial charge in [0, 0.05) is 23.7 Å². The van der Waals surface area contributed by atoms with Crippen molar-refractivity contribution in [3.8, 4) is 0 Å². The lowest BCUT2D eigenvalue weighted by molar-refractivity contribution is 0.368. The molecule has 1 fully saturated rings. The molecule has 114 valence electrons. The highest BCUT2D eigenvalue weighted by molar-refractivity contribution is 7.80. The molecule has 1 saturated heterocycles. The molecule has 0 radical (unpaired) electrons. The molecule has 1 aromatic rings. The van der Waals surface area contributed by atoms with Crippen LogP contribution in [0.5, 0.6) is 0 Å². The maximum Gasteiger partial charge on any atom is 0.171 e. The van der Waals surface area contributed by atoms with E-state index < -0.39 is 0 Å². The molecule has 4 rings (SSSR count). The van der Waals surface area contributed by atoms with E-state index in [1.807, 2.05) is 0 Å². The quantitative estimate of drug-likeness (QED) is 0.733. The van der Waals surface area contributed by atoms with E-state index in [1.165, 1.54) is 29.7 Å². The van der Waals surface area contributed by atoms with Gasteiger partial charge >= 0.3 is 0 Å². The minimum atomic E-state index is 0.252. The lowest BCUT2D eigenvalue weighted by Crippen LogP contribution is -2.50. The van der Waals surface area contributed by atoms with Crippen molar-refractivity contribution in [2.75, 3.05) is 13.1 Å². The maximum atomic E-state index is 5.46. The normalized spacial score (nSPS) is 27.5. The van der Waals surface area contributed by atoms with Crippen LogP contribution in [0.25, 0.3) is 0 Å². The van der Waals surface area contributed by atoms with Crippen molar-refractivity contribution in [3.05, 3.63) is 47.2 Å². The third-order valence-corrected chi connectivity index (χ3v) is 4.91. The highest BCUT2D eigenvalue weighted by atomic mass is 32.1. The van der Waals surface area contributed by atoms with Gasteiger partial charge in [0.1, 0.15) is 5.84 Å². The number of hydrogen-bond donors (Lipinski definition) is 3. The fourth-order valence-corrected chi connectivity index (χ4v) is 3.96. The molecule has 3 N–H and O–H groups in total. The number of hydrogen-bond acceptors (Lipinski definition) is 3. The van der Waals surface area contributed by atoms with Crippen LogP contribution in [0.1, 0.15) is 30.9 Å². The minimum Gasteiger partial charge on any atom is -0.368 e. The molecular formula is C17H20N4S. The van der Waals surface area contributed by atoms with Crippen LogP contribution in [0, 0.1) is 5.92 Å². The van der Waals surface area contributed by atoms with Crippen molar-refractivity contribution in [2.24, 2.45) is 10.9 Å². The summed E-state index contributed by atoms with van der Waals surface area (Å²) in [4.78, 5) is 4.62. The van der Waals surface area contributed by atoms with E-state index in [9.17, 15) is 0 Å². The number of nitrogens with zero attached hydrogens (tertiary/aromatic N) is 1. The molecule has 2 atom stereocenters. The number of thiocarbonyl (C=S) groups is 1. The smallest absolute Gasteiger partial charge is 0.171 e. The number of fused-ring (bicyclic) bond motifs is 1. The molecule has 3 aliphatic rings. The van der Waals surface area contributed by atoms with E-state index in [0.29, 0.717) is 5.92 Å². The Morgan fingerprint density at radius 1 is 1.18 bits per heavy atom. The number of aliphatic imine (C=N–C) groups is 1. The first-order chi connectivity index (χ1) is 10.8. The summed E-state index contributed by atoms with van der Waals surface area (Å²) in [5, 5.41) is 11.0. The molecule has 0 amide bonds. The second-order valence-corrected chi connectivity index (χ2v) is 6.44. The van der Waals surface area contributed by atoms with Gasteiger partial charge < -0.3 is 16.0 Å². The lowest BCUT2D eigenvalue weighted by atomic mass is 9.78. The van der Waals surface area contributed by atoms with E-state index in [-0.39, 0.29) is 6.04 Å². The largest absolute Gasteiger partial charge is 0.368 e. The van der Waals surface area contributed by atoms with Crippen molar-refractivity contribution in [3.63, 3.8) is 0 Å². The third kappa shape index (κ3) is 2.39. The van der Waals surface area contributed by atoms with Gasteiger partial charge in [-0.15, -0.1) is 0 Å². The van der Waals surface area contributed by atoms with Gasteiger partial charge in [0.2, 0.25) is 0 Å². The van der Waals surface area contributed by atoms with Crippen LogP contribution < -0.4 is 16.0 Å². The monoisotopic (exact) mass is 312 g/mol. The standard InChI is InChI=1S/C17H20N4S/c22-17-20-14(11-5-2-1-3-6-11)12-7-4-8-13(15(12)21-17)16-18-9-10-19-16/h1-3,5-6,12,14H,4,7-10H2,(H,18,19)(H2,20,21,22)/t12-,14-/m1/s1. The molecule has 1 aromatic carbocycles. The summed E-state index contributed by atoms with van der Waals surface area (Å²) in [6, 6.07) is 10.9. The number of nitrogens with one attached hydrogen (secondary N) is 3. The Bertz CT molecular complexity index is 650. The first-order valence-electron chi connectivity index (χ1n) is 7.97. The SMILES string of the molecule is S=C1NC2=C(C3=NCCN3)CCC[C@@H]2[C@@H](c2ccccc2)N1. The number of amidine groups is 1. The zero-order valence-corrected chi connectivity index (χ0v) is 13.2. The Hall–Kier alpha value is -1.88. The summed E-state index contributed by atoms with van der Waals surface area (Å²) in [5.41, 5.74) is 3.91. The Morgan fingerprint density at radius 2 is 2.05 bits per heavy atom. The molecule has 5 heteroatoms. The molecule has 2 heterocycles. The highest BCUT2D eigenvalue weighted by Crippen LogP contribution is 2.39. The van der Waals surface area contributed by atoms with E-state index in [4.69, 9.17) is 12.2 Å². The molecule has 4 nitrogen and oxygen atoms in total. The van der Waals surface area contributed by atoms with Crippen LogP contribution >= 0.6 is 12.2 Å². The topological polar surface area (TPSA) is 48.5 Å². The van der Waals surface area contributed by atoms with Crippen LogP contribution in [0.3, 0.4) is 0 Å². The first kappa shape index (κ1) is 13.8. The van der Waals surface area contributed by atoms with Gasteiger partial charge in [0.05, 0.1) is 12.6 Å². The van der Waals surface area contributed by atoms with Gasteiger partial charge in [-0.1, -0.05) is 30.3 Å². The third-order valence-electron chi connectivity index (χ3n) is 4.69. The van der Waals surface area contributed by atoms with Crippen molar-refractivity contribution in [1.82, 2.24) is 16.0 Å². The molecule has 0 spiro atoms. The molecule has 22 heavy (non-hydrogen) atoms. The van der Waals surface area contributed by atoms with E-state index in [1.54, 1.807) is 0 Å². The zero-order chi connectivity index (χ0) is 14.9. The molecular weight excluding hydrogens is 292 g/mol. The first-order valence-corrected chi connectivity index (χ1v) is 8.38. The fourth-order valence-electron chi connectivity index (χ4n) is 3.73. The number of benzene rings is 1. The van der Waals surface area contributed by atoms with Crippen LogP contribution in [-0.2, 0) is 0 Å². The summed E-state index contributed by atoms with van der Waals surface area (Å²) in [7, 11) is 0. The molecule has 1 aliphatic carbocycles. The predicted octanol–water partition coefficient (Wildman–Crippen LogP) is 2.26. The van der Waals surface area contributed by atoms with Crippen molar-refractivity contribution in [2.45, 2.75) is 25.3 Å². The highest BCUT2D eigenvalue weighted by Gasteiger charge is 2.36. The van der Waals surface area contributed by atoms with Crippen LogP contribution in [0.4, 0.5) is 0 Å². The van der Waals surface area contributed by atoms with E-state index >= 15 is 0 Å². The molecule has 0 saturated carbocycles. The Morgan fingerprint density at radius 3 is 2.82 bits per heavy atom. The second-order valence-electron chi connectivity index (χ2n) is 6.03. The average molecular weight is 312 g/mol. The second kappa shape index (κ2) is 5.72. The van der Waals surface area contributed by atoms with Gasteiger partial charge in [0.25, 0.3) is 0 Å². The Kier molecular flexibility index (Phi) is 3.58. The maximum absolute atomic E-state index is 5.46. The summed E-state index contributed by atoms with van der Waals surface area (Å²) in [6.45, 7) is 1.82. The zero-order valence-electron chi connectivity index (χ0n) is 12.4. The van der Waals surface area contributed by atoms with Crippen LogP contribution in [0.15, 0.2) is 46.6 Å². The van der Waals surface area contributed by atoms with E-state index in [0.717, 1.165) is 30.5 Å². The van der Waals surface area contributed by atoms with Gasteiger partial charge in [-0.05, 0) is 37.0 Å². The minimum absolute atomic E-state index is 0.252. The molecule has 0 aromatic heterocycles. The Balaban J connectivity index is 1.75. The van der Waals surface area contributed by atoms with Crippen LogP contribution in [-0.4, -0.2) is 24.0 Å². The average Bonchev–Trinajstić information content (AvgIpc) is 3.08. The predicted molar refractivity (Wildman–Crippen MR) is 92.7 cm³/mol. The molecule has 0 bridgehead atoms.